The van der Waals surface area contributed by atoms with Gasteiger partial charge in [-0.1, -0.05) is 48.2 Å². The van der Waals surface area contributed by atoms with Gasteiger partial charge in [0.25, 0.3) is 0 Å². The Kier molecular flexibility index (Phi) is 8.90. The van der Waals surface area contributed by atoms with Gasteiger partial charge in [0.1, 0.15) is 18.5 Å². The SMILES string of the molecule is CCCCCC(C)NCC(O)COc1cccc(Br)c1. The minimum absolute atomic E-state index is 0.311. The lowest BCUT2D eigenvalue weighted by atomic mass is 10.1. The fourth-order valence-electron chi connectivity index (χ4n) is 1.95. The summed E-state index contributed by atoms with van der Waals surface area (Å²) in [5.41, 5.74) is 0. The van der Waals surface area contributed by atoms with Gasteiger partial charge in [0.2, 0.25) is 0 Å². The van der Waals surface area contributed by atoms with Gasteiger partial charge in [0.05, 0.1) is 0 Å². The standard InChI is InChI=1S/C16H26BrNO2/c1-3-4-5-7-13(2)18-11-15(19)12-20-16-9-6-8-14(17)10-16/h6,8-10,13,15,18-19H,3-5,7,11-12H2,1-2H3. The van der Waals surface area contributed by atoms with E-state index < -0.39 is 6.10 Å². The molecule has 1 aromatic carbocycles. The van der Waals surface area contributed by atoms with Crippen LogP contribution in [0.15, 0.2) is 28.7 Å². The first-order valence-electron chi connectivity index (χ1n) is 7.41. The van der Waals surface area contributed by atoms with Crippen LogP contribution in [0.1, 0.15) is 39.5 Å². The highest BCUT2D eigenvalue weighted by Gasteiger charge is 2.08. The average Bonchev–Trinajstić information content (AvgIpc) is 2.43. The fraction of sp³-hybridized carbons (Fsp3) is 0.625. The Bertz CT molecular complexity index is 373. The molecule has 1 aromatic rings. The molecule has 0 fully saturated rings. The smallest absolute Gasteiger partial charge is 0.120 e. The molecule has 2 atom stereocenters. The van der Waals surface area contributed by atoms with Gasteiger partial charge in [-0.15, -0.1) is 0 Å². The van der Waals surface area contributed by atoms with Crippen LogP contribution in [-0.4, -0.2) is 30.4 Å². The molecule has 1 rings (SSSR count). The first-order valence-corrected chi connectivity index (χ1v) is 8.21. The van der Waals surface area contributed by atoms with Crippen LogP contribution in [0.4, 0.5) is 0 Å². The highest BCUT2D eigenvalue weighted by molar-refractivity contribution is 9.10. The van der Waals surface area contributed by atoms with Crippen molar-refractivity contribution < 1.29 is 9.84 Å². The van der Waals surface area contributed by atoms with Crippen LogP contribution < -0.4 is 10.1 Å². The van der Waals surface area contributed by atoms with E-state index in [9.17, 15) is 5.11 Å². The molecule has 2 unspecified atom stereocenters. The zero-order valence-electron chi connectivity index (χ0n) is 12.4. The van der Waals surface area contributed by atoms with Crippen molar-refractivity contribution in [3.63, 3.8) is 0 Å². The Morgan fingerprint density at radius 2 is 2.15 bits per heavy atom. The van der Waals surface area contributed by atoms with Crippen LogP contribution in [0.5, 0.6) is 5.75 Å². The van der Waals surface area contributed by atoms with Crippen molar-refractivity contribution in [2.75, 3.05) is 13.2 Å². The maximum atomic E-state index is 9.90. The van der Waals surface area contributed by atoms with Crippen molar-refractivity contribution in [1.29, 1.82) is 0 Å². The molecule has 2 N–H and O–H groups in total. The molecular weight excluding hydrogens is 318 g/mol. The predicted octanol–water partition coefficient (Wildman–Crippen LogP) is 3.75. The zero-order valence-corrected chi connectivity index (χ0v) is 14.0. The molecule has 0 heterocycles. The summed E-state index contributed by atoms with van der Waals surface area (Å²) in [5, 5.41) is 13.3. The van der Waals surface area contributed by atoms with Gasteiger partial charge in [-0.2, -0.15) is 0 Å². The summed E-state index contributed by atoms with van der Waals surface area (Å²) in [5.74, 6) is 0.773. The second-order valence-corrected chi connectivity index (χ2v) is 6.14. The van der Waals surface area contributed by atoms with Crippen LogP contribution >= 0.6 is 15.9 Å². The molecular formula is C16H26BrNO2. The zero-order chi connectivity index (χ0) is 14.8. The van der Waals surface area contributed by atoms with E-state index in [1.807, 2.05) is 24.3 Å². The van der Waals surface area contributed by atoms with Crippen molar-refractivity contribution in [2.45, 2.75) is 51.7 Å². The maximum Gasteiger partial charge on any atom is 0.120 e. The van der Waals surface area contributed by atoms with Crippen LogP contribution in [0.2, 0.25) is 0 Å². The van der Waals surface area contributed by atoms with Crippen LogP contribution in [-0.2, 0) is 0 Å². The third-order valence-electron chi connectivity index (χ3n) is 3.18. The number of rotatable bonds is 10. The number of aliphatic hydroxyl groups is 1. The molecule has 0 spiro atoms. The molecule has 20 heavy (non-hydrogen) atoms. The van der Waals surface area contributed by atoms with Crippen molar-refractivity contribution in [2.24, 2.45) is 0 Å². The Hall–Kier alpha value is -0.580. The summed E-state index contributed by atoms with van der Waals surface area (Å²) in [6.07, 6.45) is 4.45. The van der Waals surface area contributed by atoms with Gasteiger partial charge in [0, 0.05) is 17.1 Å². The molecule has 0 saturated heterocycles. The summed E-state index contributed by atoms with van der Waals surface area (Å²) >= 11 is 3.39. The first kappa shape index (κ1) is 17.5. The Morgan fingerprint density at radius 3 is 2.85 bits per heavy atom. The van der Waals surface area contributed by atoms with E-state index in [0.717, 1.165) is 16.6 Å². The van der Waals surface area contributed by atoms with Gasteiger partial charge in [0.15, 0.2) is 0 Å². The fourth-order valence-corrected chi connectivity index (χ4v) is 2.33. The second-order valence-electron chi connectivity index (χ2n) is 5.23. The topological polar surface area (TPSA) is 41.5 Å². The van der Waals surface area contributed by atoms with Gasteiger partial charge in [-0.3, -0.25) is 0 Å². The monoisotopic (exact) mass is 343 g/mol. The van der Waals surface area contributed by atoms with Crippen LogP contribution in [0.25, 0.3) is 0 Å². The summed E-state index contributed by atoms with van der Waals surface area (Å²) in [6.45, 7) is 5.26. The quantitative estimate of drug-likeness (QED) is 0.635. The van der Waals surface area contributed by atoms with Gasteiger partial charge in [-0.25, -0.2) is 0 Å². The number of aliphatic hydroxyl groups excluding tert-OH is 1. The lowest BCUT2D eigenvalue weighted by Gasteiger charge is -2.17. The van der Waals surface area contributed by atoms with E-state index in [4.69, 9.17) is 4.74 Å². The molecule has 0 amide bonds. The van der Waals surface area contributed by atoms with Gasteiger partial charge < -0.3 is 15.2 Å². The molecule has 0 aliphatic heterocycles. The number of unbranched alkanes of at least 4 members (excludes halogenated alkanes) is 2. The number of benzene rings is 1. The van der Waals surface area contributed by atoms with Crippen molar-refractivity contribution in [3.05, 3.63) is 28.7 Å². The molecule has 4 heteroatoms. The second kappa shape index (κ2) is 10.2. The Labute approximate surface area is 130 Å². The summed E-state index contributed by atoms with van der Waals surface area (Å²) < 4.78 is 6.54. The maximum absolute atomic E-state index is 9.90. The lowest BCUT2D eigenvalue weighted by molar-refractivity contribution is 0.104. The van der Waals surface area contributed by atoms with E-state index in [0.29, 0.717) is 19.2 Å². The summed E-state index contributed by atoms with van der Waals surface area (Å²) in [7, 11) is 0. The predicted molar refractivity (Wildman–Crippen MR) is 87.3 cm³/mol. The number of nitrogens with one attached hydrogen (secondary N) is 1. The third-order valence-corrected chi connectivity index (χ3v) is 3.67. The van der Waals surface area contributed by atoms with E-state index in [1.165, 1.54) is 19.3 Å². The average molecular weight is 344 g/mol. The van der Waals surface area contributed by atoms with E-state index >= 15 is 0 Å². The molecule has 3 nitrogen and oxygen atoms in total. The Balaban J connectivity index is 2.15. The largest absolute Gasteiger partial charge is 0.491 e. The number of hydrogen-bond donors (Lipinski definition) is 2. The minimum Gasteiger partial charge on any atom is -0.491 e. The normalized spacial score (nSPS) is 14.0. The molecule has 0 bridgehead atoms. The van der Waals surface area contributed by atoms with Gasteiger partial charge >= 0.3 is 0 Å². The highest BCUT2D eigenvalue weighted by Crippen LogP contribution is 2.17. The molecule has 0 saturated carbocycles. The van der Waals surface area contributed by atoms with Crippen LogP contribution in [0, 0.1) is 0 Å². The van der Waals surface area contributed by atoms with Gasteiger partial charge in [-0.05, 0) is 31.5 Å². The molecule has 0 radical (unpaired) electrons. The molecule has 0 aliphatic rings. The lowest BCUT2D eigenvalue weighted by Crippen LogP contribution is -2.36. The summed E-state index contributed by atoms with van der Waals surface area (Å²) in [4.78, 5) is 0. The number of hydrogen-bond acceptors (Lipinski definition) is 3. The van der Waals surface area contributed by atoms with E-state index in [2.05, 4.69) is 35.1 Å². The molecule has 0 aliphatic carbocycles. The third kappa shape index (κ3) is 7.88. The van der Waals surface area contributed by atoms with Crippen molar-refractivity contribution in [1.82, 2.24) is 5.32 Å². The number of halogens is 1. The summed E-state index contributed by atoms with van der Waals surface area (Å²) in [6, 6.07) is 8.09. The van der Waals surface area contributed by atoms with Crippen molar-refractivity contribution in [3.8, 4) is 5.75 Å². The van der Waals surface area contributed by atoms with Crippen molar-refractivity contribution >= 4 is 15.9 Å². The first-order chi connectivity index (χ1) is 9.61. The number of ether oxygens (including phenoxy) is 1. The van der Waals surface area contributed by atoms with E-state index in [1.54, 1.807) is 0 Å². The molecule has 0 aromatic heterocycles. The van der Waals surface area contributed by atoms with Crippen LogP contribution in [0.3, 0.4) is 0 Å². The van der Waals surface area contributed by atoms with E-state index in [-0.39, 0.29) is 0 Å². The minimum atomic E-state index is -0.484. The Morgan fingerprint density at radius 1 is 1.35 bits per heavy atom. The highest BCUT2D eigenvalue weighted by atomic mass is 79.9. The molecule has 114 valence electrons.